The van der Waals surface area contributed by atoms with Gasteiger partial charge >= 0.3 is 5.97 Å². The van der Waals surface area contributed by atoms with Gasteiger partial charge in [0.1, 0.15) is 5.75 Å². The zero-order valence-electron chi connectivity index (χ0n) is 10.8. The minimum atomic E-state index is -3.73. The van der Waals surface area contributed by atoms with Crippen LogP contribution in [0.15, 0.2) is 0 Å². The van der Waals surface area contributed by atoms with Gasteiger partial charge in [-0.05, 0) is 19.8 Å². The third-order valence-electron chi connectivity index (χ3n) is 2.99. The highest BCUT2D eigenvalue weighted by atomic mass is 32.2. The maximum atomic E-state index is 11.8. The molecule has 1 fully saturated rings. The molecule has 1 aliphatic rings. The quantitative estimate of drug-likeness (QED) is 0.687. The van der Waals surface area contributed by atoms with Crippen LogP contribution in [0.5, 0.6) is 0 Å². The van der Waals surface area contributed by atoms with Crippen LogP contribution in [0.25, 0.3) is 0 Å². The third-order valence-corrected chi connectivity index (χ3v) is 5.05. The highest BCUT2D eigenvalue weighted by Gasteiger charge is 2.27. The average molecular weight is 293 g/mol. The summed E-state index contributed by atoms with van der Waals surface area (Å²) in [6, 6.07) is -0.0637. The number of carboxylic acid groups (broad SMARTS) is 1. The van der Waals surface area contributed by atoms with Crippen LogP contribution >= 0.6 is 0 Å². The summed E-state index contributed by atoms with van der Waals surface area (Å²) in [6.07, 6.45) is 0.833. The van der Waals surface area contributed by atoms with E-state index >= 15 is 0 Å². The second-order valence-corrected chi connectivity index (χ2v) is 7.09. The summed E-state index contributed by atoms with van der Waals surface area (Å²) in [6.45, 7) is 2.39. The van der Waals surface area contributed by atoms with Crippen LogP contribution in [0.2, 0.25) is 0 Å². The number of amides is 1. The van der Waals surface area contributed by atoms with Gasteiger partial charge < -0.3 is 15.2 Å². The molecule has 1 amide bonds. The largest absolute Gasteiger partial charge is 0.481 e. The van der Waals surface area contributed by atoms with Crippen LogP contribution in [0.1, 0.15) is 26.2 Å². The number of nitrogens with one attached hydrogen (secondary N) is 1. The molecule has 0 aromatic carbocycles. The number of aliphatic carboxylic acids is 1. The molecular formula is C11H19NO6S. The number of sulfone groups is 1. The van der Waals surface area contributed by atoms with Crippen molar-refractivity contribution in [1.82, 2.24) is 5.32 Å². The Hall–Kier alpha value is -1.15. The van der Waals surface area contributed by atoms with Crippen molar-refractivity contribution in [3.63, 3.8) is 0 Å². The molecule has 0 spiro atoms. The van der Waals surface area contributed by atoms with Crippen LogP contribution in [-0.2, 0) is 24.2 Å². The lowest BCUT2D eigenvalue weighted by molar-refractivity contribution is -0.137. The Balaban J connectivity index is 2.47. The van der Waals surface area contributed by atoms with Crippen LogP contribution < -0.4 is 5.32 Å². The summed E-state index contributed by atoms with van der Waals surface area (Å²) >= 11 is 0. The normalized spacial score (nSPS) is 18.8. The van der Waals surface area contributed by atoms with Crippen LogP contribution in [-0.4, -0.2) is 55.7 Å². The van der Waals surface area contributed by atoms with E-state index in [2.05, 4.69) is 5.32 Å². The first-order chi connectivity index (χ1) is 8.81. The molecule has 0 aromatic heterocycles. The number of carboxylic acids is 1. The third kappa shape index (κ3) is 5.56. The minimum absolute atomic E-state index is 0.0637. The van der Waals surface area contributed by atoms with Gasteiger partial charge in [-0.1, -0.05) is 0 Å². The predicted molar refractivity (Wildman–Crippen MR) is 67.5 cm³/mol. The molecular weight excluding hydrogens is 274 g/mol. The van der Waals surface area contributed by atoms with E-state index in [-0.39, 0.29) is 6.04 Å². The topological polar surface area (TPSA) is 110 Å². The van der Waals surface area contributed by atoms with Crippen molar-refractivity contribution in [2.45, 2.75) is 37.5 Å². The van der Waals surface area contributed by atoms with Crippen molar-refractivity contribution in [3.05, 3.63) is 0 Å². The van der Waals surface area contributed by atoms with Crippen LogP contribution in [0, 0.1) is 0 Å². The van der Waals surface area contributed by atoms with Gasteiger partial charge in [-0.3, -0.25) is 9.59 Å². The summed E-state index contributed by atoms with van der Waals surface area (Å²) in [5.74, 6) is -2.44. The fourth-order valence-corrected chi connectivity index (χ4v) is 2.94. The Kier molecular flexibility index (Phi) is 5.74. The number of hydrogen-bond acceptors (Lipinski definition) is 5. The molecule has 1 atom stereocenters. The number of ether oxygens (including phenoxy) is 1. The minimum Gasteiger partial charge on any atom is -0.481 e. The lowest BCUT2D eigenvalue weighted by atomic mass is 10.1. The monoisotopic (exact) mass is 293 g/mol. The van der Waals surface area contributed by atoms with E-state index in [0.717, 1.165) is 0 Å². The lowest BCUT2D eigenvalue weighted by Gasteiger charge is -2.23. The Labute approximate surface area is 112 Å². The Bertz CT molecular complexity index is 426. The summed E-state index contributed by atoms with van der Waals surface area (Å²) in [5.41, 5.74) is 0. The van der Waals surface area contributed by atoms with Gasteiger partial charge in [-0.2, -0.15) is 0 Å². The van der Waals surface area contributed by atoms with E-state index in [1.165, 1.54) is 6.92 Å². The van der Waals surface area contributed by atoms with Gasteiger partial charge in [0.15, 0.2) is 9.84 Å². The van der Waals surface area contributed by atoms with Gasteiger partial charge in [-0.15, -0.1) is 0 Å². The van der Waals surface area contributed by atoms with Crippen molar-refractivity contribution < 1.29 is 27.9 Å². The number of carbonyl (C=O) groups is 2. The molecule has 1 rings (SSSR count). The summed E-state index contributed by atoms with van der Waals surface area (Å²) in [4.78, 5) is 22.1. The van der Waals surface area contributed by atoms with Gasteiger partial charge in [-0.25, -0.2) is 8.42 Å². The molecule has 7 nitrogen and oxygen atoms in total. The molecule has 1 unspecified atom stereocenters. The summed E-state index contributed by atoms with van der Waals surface area (Å²) in [5, 5.41) is 10.1. The predicted octanol–water partition coefficient (Wildman–Crippen LogP) is -0.440. The van der Waals surface area contributed by atoms with Gasteiger partial charge in [0.05, 0.1) is 11.7 Å². The maximum absolute atomic E-state index is 11.8. The summed E-state index contributed by atoms with van der Waals surface area (Å²) in [7, 11) is -3.73. The first-order valence-electron chi connectivity index (χ1n) is 6.11. The Morgan fingerprint density at radius 3 is 2.47 bits per heavy atom. The summed E-state index contributed by atoms with van der Waals surface area (Å²) < 4.78 is 28.7. The van der Waals surface area contributed by atoms with E-state index in [9.17, 15) is 18.0 Å². The molecule has 2 N–H and O–H groups in total. The second kappa shape index (κ2) is 6.85. The van der Waals surface area contributed by atoms with Crippen LogP contribution in [0.3, 0.4) is 0 Å². The molecule has 0 radical (unpaired) electrons. The number of rotatable bonds is 6. The van der Waals surface area contributed by atoms with Crippen molar-refractivity contribution in [2.24, 2.45) is 0 Å². The maximum Gasteiger partial charge on any atom is 0.304 e. The molecule has 0 aromatic rings. The standard InChI is InChI=1S/C11H19NO6S/c1-8(6-11(14)15)19(16,17)7-10(13)12-9-2-4-18-5-3-9/h8-9H,2-7H2,1H3,(H,12,13)(H,14,15). The van der Waals surface area contributed by atoms with E-state index in [1.807, 2.05) is 0 Å². The molecule has 110 valence electrons. The van der Waals surface area contributed by atoms with E-state index < -0.39 is 39.1 Å². The van der Waals surface area contributed by atoms with Gasteiger partial charge in [0.25, 0.3) is 0 Å². The van der Waals surface area contributed by atoms with Crippen molar-refractivity contribution in [1.29, 1.82) is 0 Å². The SMILES string of the molecule is CC(CC(=O)O)S(=O)(=O)CC(=O)NC1CCOCC1. The van der Waals surface area contributed by atoms with Gasteiger partial charge in [0, 0.05) is 19.3 Å². The zero-order valence-corrected chi connectivity index (χ0v) is 11.6. The number of carbonyl (C=O) groups excluding carboxylic acids is 1. The molecule has 1 aliphatic heterocycles. The fraction of sp³-hybridized carbons (Fsp3) is 0.818. The number of hydrogen-bond donors (Lipinski definition) is 2. The average Bonchev–Trinajstić information content (AvgIpc) is 2.28. The highest BCUT2D eigenvalue weighted by molar-refractivity contribution is 7.92. The van der Waals surface area contributed by atoms with Crippen LogP contribution in [0.4, 0.5) is 0 Å². The van der Waals surface area contributed by atoms with E-state index in [4.69, 9.17) is 9.84 Å². The molecule has 19 heavy (non-hydrogen) atoms. The lowest BCUT2D eigenvalue weighted by Crippen LogP contribution is -2.42. The van der Waals surface area contributed by atoms with Gasteiger partial charge in [0.2, 0.25) is 5.91 Å². The molecule has 1 saturated heterocycles. The van der Waals surface area contributed by atoms with Crippen molar-refractivity contribution in [2.75, 3.05) is 19.0 Å². The van der Waals surface area contributed by atoms with Crippen molar-refractivity contribution >= 4 is 21.7 Å². The zero-order chi connectivity index (χ0) is 14.5. The first kappa shape index (κ1) is 15.9. The first-order valence-corrected chi connectivity index (χ1v) is 7.83. The molecule has 0 saturated carbocycles. The Morgan fingerprint density at radius 1 is 1.37 bits per heavy atom. The van der Waals surface area contributed by atoms with E-state index in [1.54, 1.807) is 0 Å². The Morgan fingerprint density at radius 2 is 1.95 bits per heavy atom. The molecule has 0 bridgehead atoms. The smallest absolute Gasteiger partial charge is 0.304 e. The molecule has 1 heterocycles. The molecule has 0 aliphatic carbocycles. The fourth-order valence-electron chi connectivity index (χ4n) is 1.81. The van der Waals surface area contributed by atoms with Crippen molar-refractivity contribution in [3.8, 4) is 0 Å². The van der Waals surface area contributed by atoms with E-state index in [0.29, 0.717) is 26.1 Å². The highest BCUT2D eigenvalue weighted by Crippen LogP contribution is 2.09. The molecule has 8 heteroatoms. The second-order valence-electron chi connectivity index (χ2n) is 4.67.